The van der Waals surface area contributed by atoms with Crippen LogP contribution in [0.2, 0.25) is 0 Å². The van der Waals surface area contributed by atoms with Crippen molar-refractivity contribution in [2.75, 3.05) is 0 Å². The van der Waals surface area contributed by atoms with Crippen molar-refractivity contribution in [2.24, 2.45) is 0 Å². The Balaban J connectivity index is 3.11. The summed E-state index contributed by atoms with van der Waals surface area (Å²) in [5, 5.41) is 9.60. The lowest BCUT2D eigenvalue weighted by Crippen LogP contribution is -2.04. The van der Waals surface area contributed by atoms with Gasteiger partial charge in [-0.2, -0.15) is 0 Å². The van der Waals surface area contributed by atoms with Crippen LogP contribution < -0.4 is 0 Å². The van der Waals surface area contributed by atoms with E-state index < -0.39 is 0 Å². The highest BCUT2D eigenvalue weighted by Crippen LogP contribution is 2.11. The van der Waals surface area contributed by atoms with E-state index in [1.165, 1.54) is 64.2 Å². The van der Waals surface area contributed by atoms with Crippen LogP contribution in [-0.4, -0.2) is 11.2 Å². The molecule has 0 aromatic heterocycles. The second-order valence-electron chi connectivity index (χ2n) is 5.75. The third-order valence-corrected chi connectivity index (χ3v) is 3.67. The van der Waals surface area contributed by atoms with Gasteiger partial charge >= 0.3 is 0 Å². The van der Waals surface area contributed by atoms with Crippen LogP contribution in [0.15, 0.2) is 12.2 Å². The fourth-order valence-corrected chi connectivity index (χ4v) is 2.40. The van der Waals surface area contributed by atoms with E-state index >= 15 is 0 Å². The van der Waals surface area contributed by atoms with Gasteiger partial charge in [0.1, 0.15) is 0 Å². The average molecular weight is 268 g/mol. The molecule has 1 atom stereocenters. The number of hydrogen-bond donors (Lipinski definition) is 1. The predicted octanol–water partition coefficient (Wildman–Crippen LogP) is 6.01. The molecular formula is C18H36O. The second-order valence-corrected chi connectivity index (χ2v) is 5.75. The molecule has 0 aliphatic heterocycles. The SMILES string of the molecule is CCCCCC/C=C\CCCCCCC(O)CCC. The monoisotopic (exact) mass is 268 g/mol. The van der Waals surface area contributed by atoms with E-state index in [1.54, 1.807) is 0 Å². The summed E-state index contributed by atoms with van der Waals surface area (Å²) in [6.45, 7) is 4.40. The van der Waals surface area contributed by atoms with Gasteiger partial charge in [-0.25, -0.2) is 0 Å². The molecule has 1 heteroatoms. The summed E-state index contributed by atoms with van der Waals surface area (Å²) in [7, 11) is 0. The smallest absolute Gasteiger partial charge is 0.0540 e. The minimum Gasteiger partial charge on any atom is -0.393 e. The quantitative estimate of drug-likeness (QED) is 0.302. The van der Waals surface area contributed by atoms with Crippen LogP contribution >= 0.6 is 0 Å². The lowest BCUT2D eigenvalue weighted by molar-refractivity contribution is 0.150. The third-order valence-electron chi connectivity index (χ3n) is 3.67. The first-order valence-corrected chi connectivity index (χ1v) is 8.64. The number of hydrogen-bond acceptors (Lipinski definition) is 1. The van der Waals surface area contributed by atoms with Crippen molar-refractivity contribution in [1.29, 1.82) is 0 Å². The van der Waals surface area contributed by atoms with Crippen LogP contribution in [0.4, 0.5) is 0 Å². The number of aliphatic hydroxyl groups is 1. The standard InChI is InChI=1S/C18H36O/c1-3-5-6-7-8-9-10-11-12-13-14-15-17-18(19)16-4-2/h9-10,18-19H,3-8,11-17H2,1-2H3/b10-9-. The van der Waals surface area contributed by atoms with E-state index in [0.717, 1.165) is 19.3 Å². The molecule has 19 heavy (non-hydrogen) atoms. The summed E-state index contributed by atoms with van der Waals surface area (Å²) < 4.78 is 0. The van der Waals surface area contributed by atoms with Gasteiger partial charge in [0.05, 0.1) is 6.10 Å². The Hall–Kier alpha value is -0.300. The molecule has 0 heterocycles. The van der Waals surface area contributed by atoms with E-state index in [9.17, 15) is 5.11 Å². The summed E-state index contributed by atoms with van der Waals surface area (Å²) in [6, 6.07) is 0. The Morgan fingerprint density at radius 1 is 0.684 bits per heavy atom. The molecule has 1 N–H and O–H groups in total. The first-order chi connectivity index (χ1) is 9.31. The highest BCUT2D eigenvalue weighted by Gasteiger charge is 2.01. The number of unbranched alkanes of at least 4 members (excludes halogenated alkanes) is 8. The maximum absolute atomic E-state index is 9.60. The molecule has 114 valence electrons. The van der Waals surface area contributed by atoms with Gasteiger partial charge in [-0.05, 0) is 38.5 Å². The van der Waals surface area contributed by atoms with Crippen LogP contribution in [0.1, 0.15) is 97.3 Å². The molecule has 0 saturated heterocycles. The fourth-order valence-electron chi connectivity index (χ4n) is 2.40. The topological polar surface area (TPSA) is 20.2 Å². The Labute approximate surface area is 121 Å². The lowest BCUT2D eigenvalue weighted by atomic mass is 10.0. The second kappa shape index (κ2) is 15.8. The van der Waals surface area contributed by atoms with Gasteiger partial charge in [-0.3, -0.25) is 0 Å². The van der Waals surface area contributed by atoms with Crippen molar-refractivity contribution in [2.45, 2.75) is 103 Å². The van der Waals surface area contributed by atoms with E-state index in [2.05, 4.69) is 26.0 Å². The number of rotatable bonds is 14. The summed E-state index contributed by atoms with van der Waals surface area (Å²) in [5.41, 5.74) is 0. The van der Waals surface area contributed by atoms with E-state index in [1.807, 2.05) is 0 Å². The largest absolute Gasteiger partial charge is 0.393 e. The van der Waals surface area contributed by atoms with Crippen molar-refractivity contribution in [3.05, 3.63) is 12.2 Å². The Morgan fingerprint density at radius 2 is 1.26 bits per heavy atom. The van der Waals surface area contributed by atoms with E-state index in [0.29, 0.717) is 0 Å². The molecule has 1 unspecified atom stereocenters. The minimum atomic E-state index is -0.0481. The predicted molar refractivity (Wildman–Crippen MR) is 86.5 cm³/mol. The molecule has 0 rings (SSSR count). The zero-order valence-corrected chi connectivity index (χ0v) is 13.4. The van der Waals surface area contributed by atoms with Gasteiger partial charge in [0, 0.05) is 0 Å². The highest BCUT2D eigenvalue weighted by atomic mass is 16.3. The van der Waals surface area contributed by atoms with E-state index in [4.69, 9.17) is 0 Å². The van der Waals surface area contributed by atoms with Gasteiger partial charge < -0.3 is 5.11 Å². The van der Waals surface area contributed by atoms with Crippen molar-refractivity contribution < 1.29 is 5.11 Å². The first kappa shape index (κ1) is 18.7. The number of allylic oxidation sites excluding steroid dienone is 2. The molecule has 0 fully saturated rings. The van der Waals surface area contributed by atoms with Gasteiger partial charge in [-0.15, -0.1) is 0 Å². The molecule has 0 amide bonds. The van der Waals surface area contributed by atoms with Crippen molar-refractivity contribution >= 4 is 0 Å². The molecule has 0 aliphatic rings. The maximum atomic E-state index is 9.60. The van der Waals surface area contributed by atoms with Crippen molar-refractivity contribution in [1.82, 2.24) is 0 Å². The zero-order chi connectivity index (χ0) is 14.2. The first-order valence-electron chi connectivity index (χ1n) is 8.64. The van der Waals surface area contributed by atoms with Crippen LogP contribution in [0.3, 0.4) is 0 Å². The lowest BCUT2D eigenvalue weighted by Gasteiger charge is -2.07. The summed E-state index contributed by atoms with van der Waals surface area (Å²) in [4.78, 5) is 0. The molecular weight excluding hydrogens is 232 g/mol. The van der Waals surface area contributed by atoms with Crippen LogP contribution in [0.25, 0.3) is 0 Å². The summed E-state index contributed by atoms with van der Waals surface area (Å²) in [5.74, 6) is 0. The van der Waals surface area contributed by atoms with Crippen molar-refractivity contribution in [3.8, 4) is 0 Å². The molecule has 0 spiro atoms. The normalized spacial score (nSPS) is 13.2. The van der Waals surface area contributed by atoms with Crippen LogP contribution in [0.5, 0.6) is 0 Å². The molecule has 0 aromatic rings. The molecule has 0 radical (unpaired) electrons. The van der Waals surface area contributed by atoms with Gasteiger partial charge in [0.2, 0.25) is 0 Å². The van der Waals surface area contributed by atoms with Crippen LogP contribution in [0, 0.1) is 0 Å². The van der Waals surface area contributed by atoms with E-state index in [-0.39, 0.29) is 6.10 Å². The maximum Gasteiger partial charge on any atom is 0.0540 e. The summed E-state index contributed by atoms with van der Waals surface area (Å²) in [6.07, 6.45) is 20.8. The minimum absolute atomic E-state index is 0.0481. The Morgan fingerprint density at radius 3 is 1.84 bits per heavy atom. The van der Waals surface area contributed by atoms with Gasteiger partial charge in [-0.1, -0.05) is 70.9 Å². The number of aliphatic hydroxyl groups excluding tert-OH is 1. The van der Waals surface area contributed by atoms with Gasteiger partial charge in [0.25, 0.3) is 0 Å². The Bertz CT molecular complexity index is 186. The highest BCUT2D eigenvalue weighted by molar-refractivity contribution is 4.81. The van der Waals surface area contributed by atoms with Crippen LogP contribution in [-0.2, 0) is 0 Å². The molecule has 1 nitrogen and oxygen atoms in total. The van der Waals surface area contributed by atoms with Gasteiger partial charge in [0.15, 0.2) is 0 Å². The molecule has 0 aromatic carbocycles. The average Bonchev–Trinajstić information content (AvgIpc) is 2.40. The Kier molecular flexibility index (Phi) is 15.5. The molecule has 0 aliphatic carbocycles. The fraction of sp³-hybridized carbons (Fsp3) is 0.889. The molecule has 0 bridgehead atoms. The summed E-state index contributed by atoms with van der Waals surface area (Å²) >= 11 is 0. The molecule has 0 saturated carbocycles. The zero-order valence-electron chi connectivity index (χ0n) is 13.4. The third kappa shape index (κ3) is 15.6. The van der Waals surface area contributed by atoms with Crippen molar-refractivity contribution in [3.63, 3.8) is 0 Å².